The van der Waals surface area contributed by atoms with Crippen LogP contribution in [0.5, 0.6) is 0 Å². The monoisotopic (exact) mass is 262 g/mol. The van der Waals surface area contributed by atoms with Crippen LogP contribution >= 0.6 is 0 Å². The van der Waals surface area contributed by atoms with Gasteiger partial charge in [-0.15, -0.1) is 0 Å². The van der Waals surface area contributed by atoms with E-state index in [2.05, 4.69) is 60.2 Å². The molecule has 0 aliphatic carbocycles. The van der Waals surface area contributed by atoms with E-state index < -0.39 is 0 Å². The van der Waals surface area contributed by atoms with Crippen LogP contribution in [0.1, 0.15) is 19.5 Å². The lowest BCUT2D eigenvalue weighted by Crippen LogP contribution is -2.63. The predicted molar refractivity (Wildman–Crippen MR) is 79.1 cm³/mol. The first-order valence-electron chi connectivity index (χ1n) is 6.99. The lowest BCUT2D eigenvalue weighted by molar-refractivity contribution is 0.0979. The van der Waals surface area contributed by atoms with Gasteiger partial charge in [-0.1, -0.05) is 6.07 Å². The van der Waals surface area contributed by atoms with Crippen molar-refractivity contribution in [2.75, 3.05) is 33.7 Å². The van der Waals surface area contributed by atoms with Crippen LogP contribution in [0.4, 0.5) is 0 Å². The molecule has 0 amide bonds. The molecule has 1 saturated heterocycles. The van der Waals surface area contributed by atoms with Crippen molar-refractivity contribution in [3.05, 3.63) is 30.1 Å². The second-order valence-electron chi connectivity index (χ2n) is 6.48. The molecule has 0 spiro atoms. The van der Waals surface area contributed by atoms with Gasteiger partial charge in [0.05, 0.1) is 5.69 Å². The summed E-state index contributed by atoms with van der Waals surface area (Å²) in [5, 5.41) is 3.74. The van der Waals surface area contributed by atoms with Gasteiger partial charge >= 0.3 is 0 Å². The van der Waals surface area contributed by atoms with Gasteiger partial charge in [0.1, 0.15) is 0 Å². The number of pyridine rings is 1. The summed E-state index contributed by atoms with van der Waals surface area (Å²) in [6.07, 6.45) is 1.87. The highest BCUT2D eigenvalue weighted by atomic mass is 15.3. The van der Waals surface area contributed by atoms with Crippen molar-refractivity contribution in [3.8, 4) is 0 Å². The van der Waals surface area contributed by atoms with Crippen molar-refractivity contribution in [1.82, 2.24) is 20.1 Å². The van der Waals surface area contributed by atoms with Gasteiger partial charge in [0.15, 0.2) is 0 Å². The molecule has 1 fully saturated rings. The van der Waals surface area contributed by atoms with Crippen LogP contribution in [0.25, 0.3) is 0 Å². The Morgan fingerprint density at radius 1 is 1.42 bits per heavy atom. The number of nitrogens with one attached hydrogen (secondary N) is 1. The summed E-state index contributed by atoms with van der Waals surface area (Å²) < 4.78 is 0. The smallest absolute Gasteiger partial charge is 0.0543 e. The summed E-state index contributed by atoms with van der Waals surface area (Å²) in [6.45, 7) is 8.71. The molecule has 4 nitrogen and oxygen atoms in total. The number of likely N-dealkylation sites (N-methyl/N-ethyl adjacent to an activating group) is 1. The molecule has 1 N–H and O–H groups in total. The molecule has 1 aromatic rings. The molecule has 2 rings (SSSR count). The summed E-state index contributed by atoms with van der Waals surface area (Å²) in [7, 11) is 4.26. The second kappa shape index (κ2) is 5.99. The van der Waals surface area contributed by atoms with E-state index in [-0.39, 0.29) is 5.54 Å². The molecule has 0 saturated carbocycles. The van der Waals surface area contributed by atoms with Crippen molar-refractivity contribution >= 4 is 0 Å². The molecule has 0 radical (unpaired) electrons. The fourth-order valence-electron chi connectivity index (χ4n) is 2.96. The first-order valence-corrected chi connectivity index (χ1v) is 6.99. The van der Waals surface area contributed by atoms with Crippen LogP contribution < -0.4 is 5.32 Å². The Kier molecular flexibility index (Phi) is 4.55. The molecule has 1 aromatic heterocycles. The minimum atomic E-state index is 0.160. The van der Waals surface area contributed by atoms with Crippen LogP contribution in [0, 0.1) is 0 Å². The molecular formula is C15H26N4. The number of hydrogen-bond donors (Lipinski definition) is 1. The highest BCUT2D eigenvalue weighted by Crippen LogP contribution is 2.16. The van der Waals surface area contributed by atoms with E-state index in [1.165, 1.54) is 0 Å². The second-order valence-corrected chi connectivity index (χ2v) is 6.48. The Hall–Kier alpha value is -0.970. The third kappa shape index (κ3) is 4.56. The van der Waals surface area contributed by atoms with E-state index in [4.69, 9.17) is 0 Å². The van der Waals surface area contributed by atoms with Gasteiger partial charge < -0.3 is 10.2 Å². The molecule has 0 bridgehead atoms. The van der Waals surface area contributed by atoms with Crippen LogP contribution in [0.15, 0.2) is 24.4 Å². The lowest BCUT2D eigenvalue weighted by Gasteiger charge is -2.44. The van der Waals surface area contributed by atoms with Crippen molar-refractivity contribution in [2.24, 2.45) is 0 Å². The average molecular weight is 262 g/mol. The fourth-order valence-corrected chi connectivity index (χ4v) is 2.96. The van der Waals surface area contributed by atoms with Crippen LogP contribution in [0.2, 0.25) is 0 Å². The summed E-state index contributed by atoms with van der Waals surface area (Å²) in [4.78, 5) is 9.19. The minimum Gasteiger partial charge on any atom is -0.308 e. The first kappa shape index (κ1) is 14.4. The van der Waals surface area contributed by atoms with Gasteiger partial charge in [-0.05, 0) is 40.1 Å². The van der Waals surface area contributed by atoms with Crippen molar-refractivity contribution in [3.63, 3.8) is 0 Å². The van der Waals surface area contributed by atoms with Gasteiger partial charge in [-0.25, -0.2) is 0 Å². The van der Waals surface area contributed by atoms with E-state index >= 15 is 0 Å². The molecule has 0 aromatic carbocycles. The van der Waals surface area contributed by atoms with E-state index in [1.54, 1.807) is 0 Å². The SMILES string of the molecule is CN(C)CC1CN(Cc2ccccn2)CC(C)(C)N1. The van der Waals surface area contributed by atoms with Gasteiger partial charge in [0.25, 0.3) is 0 Å². The summed E-state index contributed by atoms with van der Waals surface area (Å²) in [5.74, 6) is 0. The number of aromatic nitrogens is 1. The Morgan fingerprint density at radius 2 is 2.21 bits per heavy atom. The van der Waals surface area contributed by atoms with Crippen molar-refractivity contribution in [2.45, 2.75) is 32.0 Å². The number of nitrogens with zero attached hydrogens (tertiary/aromatic N) is 3. The highest BCUT2D eigenvalue weighted by molar-refractivity contribution is 5.04. The summed E-state index contributed by atoms with van der Waals surface area (Å²) >= 11 is 0. The maximum Gasteiger partial charge on any atom is 0.0543 e. The topological polar surface area (TPSA) is 31.4 Å². The zero-order valence-electron chi connectivity index (χ0n) is 12.6. The lowest BCUT2D eigenvalue weighted by atomic mass is 9.98. The number of rotatable bonds is 4. The van der Waals surface area contributed by atoms with Crippen molar-refractivity contribution in [1.29, 1.82) is 0 Å². The zero-order valence-corrected chi connectivity index (χ0v) is 12.6. The predicted octanol–water partition coefficient (Wildman–Crippen LogP) is 1.20. The third-order valence-electron chi connectivity index (χ3n) is 3.39. The van der Waals surface area contributed by atoms with E-state index in [0.717, 1.165) is 31.9 Å². The van der Waals surface area contributed by atoms with Gasteiger partial charge in [-0.2, -0.15) is 0 Å². The molecule has 1 aliphatic rings. The van der Waals surface area contributed by atoms with Crippen LogP contribution in [0.3, 0.4) is 0 Å². The Morgan fingerprint density at radius 3 is 2.84 bits per heavy atom. The number of hydrogen-bond acceptors (Lipinski definition) is 4. The minimum absolute atomic E-state index is 0.160. The molecule has 106 valence electrons. The fraction of sp³-hybridized carbons (Fsp3) is 0.667. The molecule has 19 heavy (non-hydrogen) atoms. The molecule has 1 aliphatic heterocycles. The van der Waals surface area contributed by atoms with Gasteiger partial charge in [-0.3, -0.25) is 9.88 Å². The van der Waals surface area contributed by atoms with Crippen LogP contribution in [-0.4, -0.2) is 60.1 Å². The normalized spacial score (nSPS) is 23.7. The van der Waals surface area contributed by atoms with Gasteiger partial charge in [0.2, 0.25) is 0 Å². The average Bonchev–Trinajstić information content (AvgIpc) is 2.26. The summed E-state index contributed by atoms with van der Waals surface area (Å²) in [6, 6.07) is 6.66. The zero-order chi connectivity index (χ0) is 13.9. The maximum atomic E-state index is 4.43. The molecule has 1 atom stereocenters. The van der Waals surface area contributed by atoms with E-state index in [9.17, 15) is 0 Å². The number of piperazine rings is 1. The van der Waals surface area contributed by atoms with Gasteiger partial charge in [0, 0.05) is 44.0 Å². The Balaban J connectivity index is 2.00. The molecular weight excluding hydrogens is 236 g/mol. The maximum absolute atomic E-state index is 4.43. The van der Waals surface area contributed by atoms with Crippen LogP contribution in [-0.2, 0) is 6.54 Å². The molecule has 2 heterocycles. The van der Waals surface area contributed by atoms with E-state index in [0.29, 0.717) is 6.04 Å². The van der Waals surface area contributed by atoms with Crippen molar-refractivity contribution < 1.29 is 0 Å². The Bertz CT molecular complexity index is 388. The Labute approximate surface area is 116 Å². The quantitative estimate of drug-likeness (QED) is 0.883. The summed E-state index contributed by atoms with van der Waals surface area (Å²) in [5.41, 5.74) is 1.32. The third-order valence-corrected chi connectivity index (χ3v) is 3.39. The first-order chi connectivity index (χ1) is 8.94. The largest absolute Gasteiger partial charge is 0.308 e. The molecule has 1 unspecified atom stereocenters. The standard InChI is InChI=1S/C15H26N4/c1-15(2)12-19(10-13-7-5-6-8-16-13)11-14(17-15)9-18(3)4/h5-8,14,17H,9-12H2,1-4H3. The highest BCUT2D eigenvalue weighted by Gasteiger charge is 2.31. The molecule has 4 heteroatoms. The van der Waals surface area contributed by atoms with E-state index in [1.807, 2.05) is 12.3 Å².